The second kappa shape index (κ2) is 10.6. The standard InChI is InChI=1S/C28H29F2N5O2/c1-34(25-15-31-11-12-32-25)17-26(36)35-16-21(29)14-24(35)28(37)33-27(19-5-3-2-4-6-19)20-9-10-22(18-7-8-18)23(30)13-20/h2-6,9-13,15,18,21,24,27H,7-8,14,16-17H2,1H3,(H,33,37)/t21-,24+,27+/m1/s1. The first-order chi connectivity index (χ1) is 17.9. The number of hydrogen-bond acceptors (Lipinski definition) is 5. The maximum Gasteiger partial charge on any atom is 0.243 e. The number of aromatic nitrogens is 2. The Kier molecular flexibility index (Phi) is 7.12. The zero-order valence-electron chi connectivity index (χ0n) is 20.6. The van der Waals surface area contributed by atoms with E-state index in [0.29, 0.717) is 16.9 Å². The third kappa shape index (κ3) is 5.60. The van der Waals surface area contributed by atoms with Gasteiger partial charge in [0.1, 0.15) is 23.8 Å². The van der Waals surface area contributed by atoms with Crippen LogP contribution in [0.5, 0.6) is 0 Å². The zero-order chi connectivity index (χ0) is 25.9. The first-order valence-electron chi connectivity index (χ1n) is 12.5. The van der Waals surface area contributed by atoms with Gasteiger partial charge in [0.05, 0.1) is 25.3 Å². The molecule has 0 spiro atoms. The fourth-order valence-electron chi connectivity index (χ4n) is 4.86. The minimum Gasteiger partial charge on any atom is -0.349 e. The summed E-state index contributed by atoms with van der Waals surface area (Å²) in [4.78, 5) is 37.7. The number of nitrogens with zero attached hydrogens (tertiary/aromatic N) is 4. The molecule has 1 aliphatic carbocycles. The number of anilines is 1. The summed E-state index contributed by atoms with van der Waals surface area (Å²) in [5.74, 6) is -0.392. The number of carbonyl (C=O) groups excluding carboxylic acids is 2. The van der Waals surface area contributed by atoms with Crippen molar-refractivity contribution in [2.45, 2.75) is 43.4 Å². The number of amides is 2. The molecule has 3 aromatic rings. The van der Waals surface area contributed by atoms with Crippen molar-refractivity contribution in [1.82, 2.24) is 20.2 Å². The maximum absolute atomic E-state index is 14.9. The minimum atomic E-state index is -1.31. The Morgan fingerprint density at radius 2 is 1.92 bits per heavy atom. The maximum atomic E-state index is 14.9. The number of rotatable bonds is 8. The van der Waals surface area contributed by atoms with E-state index in [-0.39, 0.29) is 37.2 Å². The van der Waals surface area contributed by atoms with E-state index in [0.717, 1.165) is 18.4 Å². The molecule has 0 unspecified atom stereocenters. The minimum absolute atomic E-state index is 0.0782. The monoisotopic (exact) mass is 505 g/mol. The van der Waals surface area contributed by atoms with E-state index in [2.05, 4.69) is 15.3 Å². The van der Waals surface area contributed by atoms with Crippen LogP contribution in [0, 0.1) is 5.82 Å². The van der Waals surface area contributed by atoms with Gasteiger partial charge in [0.2, 0.25) is 11.8 Å². The molecule has 1 aromatic heterocycles. The highest BCUT2D eigenvalue weighted by Gasteiger charge is 2.41. The van der Waals surface area contributed by atoms with Gasteiger partial charge in [0.15, 0.2) is 0 Å². The van der Waals surface area contributed by atoms with Gasteiger partial charge >= 0.3 is 0 Å². The van der Waals surface area contributed by atoms with Crippen LogP contribution in [-0.2, 0) is 9.59 Å². The molecule has 1 N–H and O–H groups in total. The van der Waals surface area contributed by atoms with Crippen molar-refractivity contribution in [2.24, 2.45) is 0 Å². The molecule has 1 saturated heterocycles. The summed E-state index contributed by atoms with van der Waals surface area (Å²) in [6.07, 6.45) is 5.13. The smallest absolute Gasteiger partial charge is 0.243 e. The van der Waals surface area contributed by atoms with Gasteiger partial charge < -0.3 is 15.1 Å². The molecule has 2 heterocycles. The molecule has 7 nitrogen and oxygen atoms in total. The molecule has 2 aliphatic rings. The lowest BCUT2D eigenvalue weighted by molar-refractivity contribution is -0.137. The second-order valence-electron chi connectivity index (χ2n) is 9.72. The van der Waals surface area contributed by atoms with Crippen molar-refractivity contribution in [3.63, 3.8) is 0 Å². The summed E-state index contributed by atoms with van der Waals surface area (Å²) in [6, 6.07) is 12.7. The quantitative estimate of drug-likeness (QED) is 0.504. The summed E-state index contributed by atoms with van der Waals surface area (Å²) in [5, 5.41) is 2.97. The average molecular weight is 506 g/mol. The molecule has 1 saturated carbocycles. The Hall–Kier alpha value is -3.88. The van der Waals surface area contributed by atoms with Crippen LogP contribution in [0.4, 0.5) is 14.6 Å². The Morgan fingerprint density at radius 3 is 2.59 bits per heavy atom. The number of hydrogen-bond donors (Lipinski definition) is 1. The highest BCUT2D eigenvalue weighted by atomic mass is 19.1. The zero-order valence-corrected chi connectivity index (χ0v) is 20.6. The molecular weight excluding hydrogens is 476 g/mol. The van der Waals surface area contributed by atoms with Gasteiger partial charge in [-0.3, -0.25) is 14.6 Å². The molecule has 3 atom stereocenters. The van der Waals surface area contributed by atoms with Gasteiger partial charge in [-0.25, -0.2) is 13.8 Å². The van der Waals surface area contributed by atoms with Crippen molar-refractivity contribution >= 4 is 17.6 Å². The van der Waals surface area contributed by atoms with Crippen LogP contribution in [-0.4, -0.2) is 59.0 Å². The molecule has 0 radical (unpaired) electrons. The average Bonchev–Trinajstić information content (AvgIpc) is 3.68. The van der Waals surface area contributed by atoms with Gasteiger partial charge in [0, 0.05) is 25.9 Å². The van der Waals surface area contributed by atoms with Crippen LogP contribution < -0.4 is 10.2 Å². The van der Waals surface area contributed by atoms with Gasteiger partial charge in [0.25, 0.3) is 0 Å². The van der Waals surface area contributed by atoms with Crippen molar-refractivity contribution in [2.75, 3.05) is 25.0 Å². The Labute approximate surface area is 214 Å². The van der Waals surface area contributed by atoms with E-state index in [1.807, 2.05) is 36.4 Å². The molecule has 2 fully saturated rings. The Balaban J connectivity index is 1.35. The molecule has 192 valence electrons. The molecule has 9 heteroatoms. The third-order valence-electron chi connectivity index (χ3n) is 6.98. The third-order valence-corrected chi connectivity index (χ3v) is 6.98. The number of alkyl halides is 1. The van der Waals surface area contributed by atoms with Gasteiger partial charge in [-0.1, -0.05) is 42.5 Å². The molecule has 2 amide bonds. The van der Waals surface area contributed by atoms with Crippen LogP contribution in [0.1, 0.15) is 47.9 Å². The molecule has 37 heavy (non-hydrogen) atoms. The lowest BCUT2D eigenvalue weighted by atomic mass is 9.96. The SMILES string of the molecule is CN(CC(=O)N1C[C@H](F)C[C@H]1C(=O)N[C@@H](c1ccccc1)c1ccc(C2CC2)c(F)c1)c1cnccn1. The van der Waals surface area contributed by atoms with E-state index in [9.17, 15) is 18.4 Å². The van der Waals surface area contributed by atoms with E-state index in [1.54, 1.807) is 18.0 Å². The van der Waals surface area contributed by atoms with Crippen LogP contribution in [0.3, 0.4) is 0 Å². The van der Waals surface area contributed by atoms with Crippen LogP contribution >= 0.6 is 0 Å². The highest BCUT2D eigenvalue weighted by molar-refractivity contribution is 5.90. The highest BCUT2D eigenvalue weighted by Crippen LogP contribution is 2.42. The largest absolute Gasteiger partial charge is 0.349 e. The predicted molar refractivity (Wildman–Crippen MR) is 135 cm³/mol. The molecule has 0 bridgehead atoms. The normalized spacial score (nSPS) is 19.9. The van der Waals surface area contributed by atoms with E-state index >= 15 is 0 Å². The number of benzene rings is 2. The number of likely N-dealkylation sites (N-methyl/N-ethyl adjacent to an activating group) is 1. The van der Waals surface area contributed by atoms with E-state index in [4.69, 9.17) is 0 Å². The molecule has 1 aliphatic heterocycles. The Morgan fingerprint density at radius 1 is 1.14 bits per heavy atom. The van der Waals surface area contributed by atoms with Crippen molar-refractivity contribution in [3.05, 3.63) is 89.6 Å². The second-order valence-corrected chi connectivity index (χ2v) is 9.72. The number of likely N-dealkylation sites (tertiary alicyclic amines) is 1. The number of halogens is 2. The van der Waals surface area contributed by atoms with Crippen LogP contribution in [0.25, 0.3) is 0 Å². The van der Waals surface area contributed by atoms with Gasteiger partial charge in [-0.15, -0.1) is 0 Å². The summed E-state index contributed by atoms with van der Waals surface area (Å²) in [5.41, 5.74) is 2.06. The Bertz CT molecular complexity index is 1260. The summed E-state index contributed by atoms with van der Waals surface area (Å²) in [6.45, 7) is -0.239. The lowest BCUT2D eigenvalue weighted by Gasteiger charge is -2.28. The van der Waals surface area contributed by atoms with Crippen LogP contribution in [0.15, 0.2) is 67.1 Å². The summed E-state index contributed by atoms with van der Waals surface area (Å²) < 4.78 is 29.4. The summed E-state index contributed by atoms with van der Waals surface area (Å²) in [7, 11) is 1.69. The number of nitrogens with one attached hydrogen (secondary N) is 1. The van der Waals surface area contributed by atoms with Crippen molar-refractivity contribution in [1.29, 1.82) is 0 Å². The van der Waals surface area contributed by atoms with E-state index in [1.165, 1.54) is 29.6 Å². The lowest BCUT2D eigenvalue weighted by Crippen LogP contribution is -2.49. The number of carbonyl (C=O) groups is 2. The van der Waals surface area contributed by atoms with Crippen molar-refractivity contribution in [3.8, 4) is 0 Å². The molecular formula is C28H29F2N5O2. The van der Waals surface area contributed by atoms with Gasteiger partial charge in [-0.2, -0.15) is 0 Å². The fourth-order valence-corrected chi connectivity index (χ4v) is 4.86. The predicted octanol–water partition coefficient (Wildman–Crippen LogP) is 3.77. The van der Waals surface area contributed by atoms with Crippen molar-refractivity contribution < 1.29 is 18.4 Å². The topological polar surface area (TPSA) is 78.4 Å². The summed E-state index contributed by atoms with van der Waals surface area (Å²) >= 11 is 0. The van der Waals surface area contributed by atoms with Gasteiger partial charge in [-0.05, 0) is 41.5 Å². The van der Waals surface area contributed by atoms with E-state index < -0.39 is 24.2 Å². The van der Waals surface area contributed by atoms with Crippen LogP contribution in [0.2, 0.25) is 0 Å². The first-order valence-corrected chi connectivity index (χ1v) is 12.5. The first kappa shape index (κ1) is 24.8. The molecule has 5 rings (SSSR count). The molecule has 2 aromatic carbocycles. The fraction of sp³-hybridized carbons (Fsp3) is 0.357.